The first kappa shape index (κ1) is 16.7. The van der Waals surface area contributed by atoms with Crippen LogP contribution < -0.4 is 5.48 Å². The van der Waals surface area contributed by atoms with Crippen molar-refractivity contribution in [3.05, 3.63) is 29.1 Å². The summed E-state index contributed by atoms with van der Waals surface area (Å²) in [5.41, 5.74) is 4.81. The van der Waals surface area contributed by atoms with E-state index < -0.39 is 5.91 Å². The highest BCUT2D eigenvalue weighted by molar-refractivity contribution is 5.93. The average Bonchev–Trinajstić information content (AvgIpc) is 3.51. The zero-order valence-corrected chi connectivity index (χ0v) is 15.3. The summed E-state index contributed by atoms with van der Waals surface area (Å²) in [6, 6.07) is 3.41. The van der Waals surface area contributed by atoms with Crippen LogP contribution in [-0.4, -0.2) is 56.6 Å². The highest BCUT2D eigenvalue weighted by Crippen LogP contribution is 2.51. The smallest absolute Gasteiger partial charge is 0.276 e. The van der Waals surface area contributed by atoms with Crippen molar-refractivity contribution in [1.82, 2.24) is 20.3 Å². The van der Waals surface area contributed by atoms with Crippen LogP contribution in [0.15, 0.2) is 12.3 Å². The minimum Gasteiger partial charge on any atom is -0.293 e. The summed E-state index contributed by atoms with van der Waals surface area (Å²) >= 11 is 0. The second kappa shape index (κ2) is 6.29. The molecule has 2 aliphatic carbocycles. The monoisotopic (exact) mass is 356 g/mol. The summed E-state index contributed by atoms with van der Waals surface area (Å²) in [4.78, 5) is 21.7. The maximum atomic E-state index is 11.6. The van der Waals surface area contributed by atoms with Gasteiger partial charge in [-0.1, -0.05) is 6.42 Å². The van der Waals surface area contributed by atoms with Crippen molar-refractivity contribution < 1.29 is 10.0 Å². The average molecular weight is 356 g/mol. The first-order valence-corrected chi connectivity index (χ1v) is 10.1. The molecular weight excluding hydrogens is 328 g/mol. The molecule has 5 rings (SSSR count). The molecule has 140 valence electrons. The second-order valence-corrected chi connectivity index (χ2v) is 8.53. The molecule has 6 nitrogen and oxygen atoms in total. The van der Waals surface area contributed by atoms with E-state index >= 15 is 0 Å². The number of carbonyl (C=O) groups excluding carboxylic acids is 1. The van der Waals surface area contributed by atoms with Gasteiger partial charge in [-0.05, 0) is 63.1 Å². The van der Waals surface area contributed by atoms with Crippen LogP contribution >= 0.6 is 0 Å². The van der Waals surface area contributed by atoms with Gasteiger partial charge in [0, 0.05) is 36.9 Å². The number of amides is 1. The number of carbonyl (C=O) groups is 1. The number of pyridine rings is 1. The molecule has 26 heavy (non-hydrogen) atoms. The predicted octanol–water partition coefficient (Wildman–Crippen LogP) is 2.11. The Balaban J connectivity index is 1.35. The van der Waals surface area contributed by atoms with E-state index in [1.54, 1.807) is 11.7 Å². The topological polar surface area (TPSA) is 68.7 Å². The van der Waals surface area contributed by atoms with E-state index in [0.29, 0.717) is 17.1 Å². The fraction of sp³-hybridized carbons (Fsp3) is 0.700. The van der Waals surface area contributed by atoms with Gasteiger partial charge in [0.05, 0.1) is 11.3 Å². The summed E-state index contributed by atoms with van der Waals surface area (Å²) in [5, 5.41) is 8.82. The van der Waals surface area contributed by atoms with Crippen molar-refractivity contribution >= 4 is 5.91 Å². The van der Waals surface area contributed by atoms with Gasteiger partial charge in [0.1, 0.15) is 0 Å². The van der Waals surface area contributed by atoms with Crippen LogP contribution in [0.2, 0.25) is 0 Å². The zero-order valence-electron chi connectivity index (χ0n) is 15.3. The Morgan fingerprint density at radius 2 is 2.12 bits per heavy atom. The van der Waals surface area contributed by atoms with E-state index in [9.17, 15) is 4.79 Å². The van der Waals surface area contributed by atoms with E-state index in [4.69, 9.17) is 5.21 Å². The van der Waals surface area contributed by atoms with E-state index in [2.05, 4.69) is 14.8 Å². The number of aromatic nitrogens is 1. The molecular formula is C20H28N4O2. The fourth-order valence-corrected chi connectivity index (χ4v) is 5.66. The summed E-state index contributed by atoms with van der Waals surface area (Å²) in [6.45, 7) is 3.23. The van der Waals surface area contributed by atoms with Crippen LogP contribution in [0, 0.1) is 0 Å². The summed E-state index contributed by atoms with van der Waals surface area (Å²) in [6.07, 6.45) is 12.1. The highest BCUT2D eigenvalue weighted by Gasteiger charge is 2.56. The molecule has 0 unspecified atom stereocenters. The molecule has 3 fully saturated rings. The van der Waals surface area contributed by atoms with Crippen LogP contribution in [0.25, 0.3) is 0 Å². The lowest BCUT2D eigenvalue weighted by Crippen LogP contribution is -2.70. The molecule has 3 heterocycles. The standard InChI is InChI=1S/C20H28N4O2/c25-19(22-26)15-11-14-6-10-23(13-17(14)21-12-15)18-5-8-20(18)7-1-2-9-24(20)16-3-4-16/h11-12,16,18,26H,1-10,13H2,(H,22,25)/t18-,20-/m1/s1. The molecule has 2 N–H and O–H groups in total. The van der Waals surface area contributed by atoms with Crippen molar-refractivity contribution in [2.45, 2.75) is 75.5 Å². The third-order valence-electron chi connectivity index (χ3n) is 7.17. The van der Waals surface area contributed by atoms with Crippen LogP contribution in [0.1, 0.15) is 66.6 Å². The van der Waals surface area contributed by atoms with Gasteiger partial charge < -0.3 is 0 Å². The molecule has 2 atom stereocenters. The Kier molecular flexibility index (Phi) is 4.03. The Bertz CT molecular complexity index is 720. The fourth-order valence-electron chi connectivity index (χ4n) is 5.66. The maximum Gasteiger partial charge on any atom is 0.276 e. The Morgan fingerprint density at radius 3 is 2.85 bits per heavy atom. The molecule has 1 aromatic rings. The molecule has 1 spiro atoms. The number of nitrogens with one attached hydrogen (secondary N) is 1. The number of fused-ring (bicyclic) bond motifs is 1. The van der Waals surface area contributed by atoms with Crippen LogP contribution in [0.4, 0.5) is 0 Å². The molecule has 6 heteroatoms. The lowest BCUT2D eigenvalue weighted by atomic mass is 9.64. The molecule has 1 amide bonds. The lowest BCUT2D eigenvalue weighted by Gasteiger charge is -2.62. The maximum absolute atomic E-state index is 11.6. The van der Waals surface area contributed by atoms with Gasteiger partial charge in [0.2, 0.25) is 0 Å². The first-order chi connectivity index (χ1) is 12.7. The van der Waals surface area contributed by atoms with Gasteiger partial charge in [-0.25, -0.2) is 5.48 Å². The minimum absolute atomic E-state index is 0.424. The zero-order chi connectivity index (χ0) is 17.7. The van der Waals surface area contributed by atoms with Gasteiger partial charge in [0.25, 0.3) is 5.91 Å². The molecule has 0 bridgehead atoms. The molecule has 2 aliphatic heterocycles. The quantitative estimate of drug-likeness (QED) is 0.641. The normalized spacial score (nSPS) is 32.1. The van der Waals surface area contributed by atoms with Gasteiger partial charge in [-0.2, -0.15) is 0 Å². The molecule has 0 radical (unpaired) electrons. The minimum atomic E-state index is -0.483. The van der Waals surface area contributed by atoms with Gasteiger partial charge in [0.15, 0.2) is 0 Å². The summed E-state index contributed by atoms with van der Waals surface area (Å²) < 4.78 is 0. The third-order valence-corrected chi connectivity index (χ3v) is 7.17. The Labute approximate surface area is 154 Å². The van der Waals surface area contributed by atoms with E-state index in [1.165, 1.54) is 51.5 Å². The van der Waals surface area contributed by atoms with Crippen LogP contribution in [0.5, 0.6) is 0 Å². The molecule has 2 saturated carbocycles. The third kappa shape index (κ3) is 2.58. The highest BCUT2D eigenvalue weighted by atomic mass is 16.5. The van der Waals surface area contributed by atoms with Crippen molar-refractivity contribution in [2.24, 2.45) is 0 Å². The summed E-state index contributed by atoms with van der Waals surface area (Å²) in [5.74, 6) is -0.483. The van der Waals surface area contributed by atoms with Crippen molar-refractivity contribution in [2.75, 3.05) is 13.1 Å². The molecule has 4 aliphatic rings. The van der Waals surface area contributed by atoms with E-state index in [0.717, 1.165) is 36.8 Å². The largest absolute Gasteiger partial charge is 0.293 e. The Hall–Kier alpha value is -1.50. The number of rotatable bonds is 3. The molecule has 1 aromatic heterocycles. The van der Waals surface area contributed by atoms with Gasteiger partial charge in [-0.3, -0.25) is 24.8 Å². The second-order valence-electron chi connectivity index (χ2n) is 8.53. The number of hydrogen-bond donors (Lipinski definition) is 2. The number of nitrogens with zero attached hydrogens (tertiary/aromatic N) is 3. The van der Waals surface area contributed by atoms with Crippen molar-refractivity contribution in [3.63, 3.8) is 0 Å². The molecule has 1 saturated heterocycles. The SMILES string of the molecule is O=C(NO)c1cnc2c(c1)CCN([C@@H]1CC[C@]13CCCCN3C1CC1)C2. The van der Waals surface area contributed by atoms with Crippen molar-refractivity contribution in [1.29, 1.82) is 0 Å². The van der Waals surface area contributed by atoms with E-state index in [1.807, 2.05) is 6.07 Å². The van der Waals surface area contributed by atoms with E-state index in [-0.39, 0.29) is 0 Å². The van der Waals surface area contributed by atoms with Gasteiger partial charge in [-0.15, -0.1) is 0 Å². The number of piperidine rings is 1. The number of hydrogen-bond acceptors (Lipinski definition) is 5. The number of likely N-dealkylation sites (tertiary alicyclic amines) is 1. The lowest BCUT2D eigenvalue weighted by molar-refractivity contribution is -0.104. The first-order valence-electron chi connectivity index (χ1n) is 10.1. The van der Waals surface area contributed by atoms with Crippen LogP contribution in [0.3, 0.4) is 0 Å². The van der Waals surface area contributed by atoms with Crippen molar-refractivity contribution in [3.8, 4) is 0 Å². The predicted molar refractivity (Wildman–Crippen MR) is 96.9 cm³/mol. The summed E-state index contributed by atoms with van der Waals surface area (Å²) in [7, 11) is 0. The molecule has 0 aromatic carbocycles. The number of hydroxylamine groups is 1. The van der Waals surface area contributed by atoms with Gasteiger partial charge >= 0.3 is 0 Å². The van der Waals surface area contributed by atoms with Crippen LogP contribution in [-0.2, 0) is 13.0 Å². The Morgan fingerprint density at radius 1 is 1.23 bits per heavy atom.